The van der Waals surface area contributed by atoms with E-state index in [1.54, 1.807) is 24.4 Å². The van der Waals surface area contributed by atoms with Crippen LogP contribution in [0.25, 0.3) is 5.69 Å². The zero-order valence-electron chi connectivity index (χ0n) is 12.8. The molecule has 1 unspecified atom stereocenters. The van der Waals surface area contributed by atoms with Gasteiger partial charge in [0.25, 0.3) is 5.91 Å². The first-order chi connectivity index (χ1) is 11.5. The molecule has 1 atom stereocenters. The number of morpholine rings is 1. The fourth-order valence-electron chi connectivity index (χ4n) is 2.58. The topological polar surface area (TPSA) is 84.7 Å². The molecule has 1 aliphatic rings. The average molecular weight is 333 g/mol. The van der Waals surface area contributed by atoms with Crippen molar-refractivity contribution >= 4 is 11.9 Å². The third-order valence-corrected chi connectivity index (χ3v) is 3.71. The minimum absolute atomic E-state index is 0.151. The highest BCUT2D eigenvalue weighted by molar-refractivity contribution is 5.92. The lowest BCUT2D eigenvalue weighted by Gasteiger charge is -2.31. The molecule has 1 saturated heterocycles. The number of benzene rings is 1. The largest absolute Gasteiger partial charge is 0.481 e. The Labute approximate surface area is 137 Å². The Hall–Kier alpha value is -2.74. The van der Waals surface area contributed by atoms with Crippen LogP contribution in [0.2, 0.25) is 0 Å². The maximum absolute atomic E-state index is 13.3. The van der Waals surface area contributed by atoms with Gasteiger partial charge in [-0.25, -0.2) is 9.07 Å². The van der Waals surface area contributed by atoms with E-state index in [1.165, 1.54) is 21.7 Å². The normalized spacial score (nSPS) is 17.7. The summed E-state index contributed by atoms with van der Waals surface area (Å²) in [6, 6.07) is 7.44. The number of aromatic nitrogens is 2. The molecule has 1 amide bonds. The molecule has 8 heteroatoms. The number of amides is 1. The van der Waals surface area contributed by atoms with Crippen LogP contribution < -0.4 is 0 Å². The van der Waals surface area contributed by atoms with Crippen LogP contribution in [0.5, 0.6) is 0 Å². The van der Waals surface area contributed by atoms with E-state index in [0.717, 1.165) is 0 Å². The zero-order valence-corrected chi connectivity index (χ0v) is 12.8. The average Bonchev–Trinajstić information content (AvgIpc) is 3.04. The van der Waals surface area contributed by atoms with E-state index in [4.69, 9.17) is 9.84 Å². The van der Waals surface area contributed by atoms with Gasteiger partial charge in [-0.05, 0) is 24.3 Å². The van der Waals surface area contributed by atoms with Crippen LogP contribution in [-0.4, -0.2) is 57.5 Å². The maximum Gasteiger partial charge on any atom is 0.306 e. The molecule has 1 aromatic heterocycles. The molecule has 1 aliphatic heterocycles. The summed E-state index contributed by atoms with van der Waals surface area (Å²) in [5, 5.41) is 13.0. The van der Waals surface area contributed by atoms with E-state index in [0.29, 0.717) is 12.2 Å². The fourth-order valence-corrected chi connectivity index (χ4v) is 2.58. The minimum Gasteiger partial charge on any atom is -0.481 e. The summed E-state index contributed by atoms with van der Waals surface area (Å²) in [5.74, 6) is -1.66. The third-order valence-electron chi connectivity index (χ3n) is 3.71. The highest BCUT2D eigenvalue weighted by Gasteiger charge is 2.27. The lowest BCUT2D eigenvalue weighted by atomic mass is 10.2. The van der Waals surface area contributed by atoms with Gasteiger partial charge in [-0.2, -0.15) is 5.10 Å². The highest BCUT2D eigenvalue weighted by atomic mass is 19.1. The number of nitrogens with zero attached hydrogens (tertiary/aromatic N) is 3. The molecule has 1 fully saturated rings. The Balaban J connectivity index is 1.72. The van der Waals surface area contributed by atoms with Crippen molar-refractivity contribution in [1.29, 1.82) is 0 Å². The molecule has 0 radical (unpaired) electrons. The number of hydrogen-bond acceptors (Lipinski definition) is 4. The second-order valence-corrected chi connectivity index (χ2v) is 5.47. The number of carbonyl (C=O) groups is 2. The first-order valence-corrected chi connectivity index (χ1v) is 7.47. The number of hydrogen-bond donors (Lipinski definition) is 1. The number of carbonyl (C=O) groups excluding carboxylic acids is 1. The van der Waals surface area contributed by atoms with E-state index in [-0.39, 0.29) is 37.0 Å². The van der Waals surface area contributed by atoms with Crippen molar-refractivity contribution in [2.45, 2.75) is 12.5 Å². The molecule has 24 heavy (non-hydrogen) atoms. The van der Waals surface area contributed by atoms with Gasteiger partial charge in [0.1, 0.15) is 5.82 Å². The van der Waals surface area contributed by atoms with Crippen molar-refractivity contribution in [3.63, 3.8) is 0 Å². The molecule has 0 spiro atoms. The molecule has 126 valence electrons. The van der Waals surface area contributed by atoms with Crippen LogP contribution in [0.4, 0.5) is 4.39 Å². The Morgan fingerprint density at radius 1 is 1.38 bits per heavy atom. The van der Waals surface area contributed by atoms with Gasteiger partial charge < -0.3 is 14.7 Å². The summed E-state index contributed by atoms with van der Waals surface area (Å²) >= 11 is 0. The van der Waals surface area contributed by atoms with Crippen LogP contribution in [0.1, 0.15) is 16.9 Å². The Morgan fingerprint density at radius 2 is 2.21 bits per heavy atom. The van der Waals surface area contributed by atoms with Crippen molar-refractivity contribution < 1.29 is 23.8 Å². The second-order valence-electron chi connectivity index (χ2n) is 5.47. The number of ether oxygens (including phenoxy) is 1. The number of rotatable bonds is 4. The predicted octanol–water partition coefficient (Wildman–Crippen LogP) is 1.33. The van der Waals surface area contributed by atoms with Gasteiger partial charge in [0.15, 0.2) is 5.69 Å². The van der Waals surface area contributed by atoms with Crippen LogP contribution >= 0.6 is 0 Å². The third kappa shape index (κ3) is 3.60. The molecular weight excluding hydrogens is 317 g/mol. The van der Waals surface area contributed by atoms with Crippen molar-refractivity contribution in [2.24, 2.45) is 0 Å². The van der Waals surface area contributed by atoms with E-state index in [1.807, 2.05) is 0 Å². The zero-order chi connectivity index (χ0) is 17.1. The molecule has 7 nitrogen and oxygen atoms in total. The monoisotopic (exact) mass is 333 g/mol. The summed E-state index contributed by atoms with van der Waals surface area (Å²) in [4.78, 5) is 24.8. The van der Waals surface area contributed by atoms with Gasteiger partial charge in [-0.3, -0.25) is 9.59 Å². The van der Waals surface area contributed by atoms with E-state index < -0.39 is 12.1 Å². The summed E-state index contributed by atoms with van der Waals surface area (Å²) in [7, 11) is 0. The van der Waals surface area contributed by atoms with Crippen molar-refractivity contribution in [3.05, 3.63) is 48.0 Å². The van der Waals surface area contributed by atoms with Crippen molar-refractivity contribution in [3.8, 4) is 5.69 Å². The lowest BCUT2D eigenvalue weighted by Crippen LogP contribution is -2.46. The number of aliphatic carboxylic acids is 1. The van der Waals surface area contributed by atoms with Crippen molar-refractivity contribution in [2.75, 3.05) is 19.7 Å². The first-order valence-electron chi connectivity index (χ1n) is 7.47. The predicted molar refractivity (Wildman–Crippen MR) is 81.4 cm³/mol. The Morgan fingerprint density at radius 3 is 2.96 bits per heavy atom. The summed E-state index contributed by atoms with van der Waals surface area (Å²) in [5.41, 5.74) is 0.731. The number of carboxylic acids is 1. The molecule has 2 heterocycles. The molecule has 1 N–H and O–H groups in total. The van der Waals surface area contributed by atoms with Gasteiger partial charge in [-0.1, -0.05) is 6.07 Å². The Kier molecular flexibility index (Phi) is 4.57. The lowest BCUT2D eigenvalue weighted by molar-refractivity contribution is -0.141. The maximum atomic E-state index is 13.3. The van der Waals surface area contributed by atoms with Crippen LogP contribution in [0.15, 0.2) is 36.5 Å². The molecular formula is C16H16FN3O4. The highest BCUT2D eigenvalue weighted by Crippen LogP contribution is 2.14. The SMILES string of the molecule is O=C(O)CC1CN(C(=O)c2ccn(-c3cccc(F)c3)n2)CCO1. The van der Waals surface area contributed by atoms with E-state index >= 15 is 0 Å². The minimum atomic E-state index is -0.968. The standard InChI is InChI=1S/C16H16FN3O4/c17-11-2-1-3-12(8-11)20-5-4-14(18-20)16(23)19-6-7-24-13(10-19)9-15(21)22/h1-5,8,13H,6-7,9-10H2,(H,21,22). The molecule has 0 saturated carbocycles. The van der Waals surface area contributed by atoms with Gasteiger partial charge in [-0.15, -0.1) is 0 Å². The molecule has 0 bridgehead atoms. The molecule has 0 aliphatic carbocycles. The first kappa shape index (κ1) is 16.1. The fraction of sp³-hybridized carbons (Fsp3) is 0.312. The molecule has 1 aromatic carbocycles. The van der Waals surface area contributed by atoms with Gasteiger partial charge >= 0.3 is 5.97 Å². The number of halogens is 1. The molecule has 3 rings (SSSR count). The summed E-state index contributed by atoms with van der Waals surface area (Å²) in [6.07, 6.45) is 0.907. The summed E-state index contributed by atoms with van der Waals surface area (Å²) in [6.45, 7) is 0.869. The van der Waals surface area contributed by atoms with Gasteiger partial charge in [0, 0.05) is 19.3 Å². The van der Waals surface area contributed by atoms with E-state index in [2.05, 4.69) is 5.10 Å². The Bertz CT molecular complexity index is 761. The van der Waals surface area contributed by atoms with E-state index in [9.17, 15) is 14.0 Å². The van der Waals surface area contributed by atoms with Crippen LogP contribution in [0, 0.1) is 5.82 Å². The smallest absolute Gasteiger partial charge is 0.306 e. The van der Waals surface area contributed by atoms with Gasteiger partial charge in [0.05, 0.1) is 24.8 Å². The molecule has 2 aromatic rings. The van der Waals surface area contributed by atoms with Crippen LogP contribution in [0.3, 0.4) is 0 Å². The van der Waals surface area contributed by atoms with Crippen molar-refractivity contribution in [1.82, 2.24) is 14.7 Å². The second kappa shape index (κ2) is 6.79. The number of carboxylic acid groups (broad SMARTS) is 1. The summed E-state index contributed by atoms with van der Waals surface area (Å²) < 4.78 is 20.1. The van der Waals surface area contributed by atoms with Crippen LogP contribution in [-0.2, 0) is 9.53 Å². The van der Waals surface area contributed by atoms with Gasteiger partial charge in [0.2, 0.25) is 0 Å². The quantitative estimate of drug-likeness (QED) is 0.912.